The van der Waals surface area contributed by atoms with Crippen molar-refractivity contribution < 1.29 is 4.79 Å². The largest absolute Gasteiger partial charge is 0.353 e. The summed E-state index contributed by atoms with van der Waals surface area (Å²) >= 11 is 0. The zero-order chi connectivity index (χ0) is 16.9. The molecule has 6 nitrogen and oxygen atoms in total. The average molecular weight is 330 g/mol. The molecular formula is C18H26N4O2. The molecule has 2 heterocycles. The van der Waals surface area contributed by atoms with E-state index >= 15 is 0 Å². The molecule has 1 aliphatic heterocycles. The van der Waals surface area contributed by atoms with Gasteiger partial charge in [0.2, 0.25) is 5.91 Å². The molecule has 1 saturated heterocycles. The maximum Gasteiger partial charge on any atom is 0.293 e. The molecule has 1 aliphatic carbocycles. The summed E-state index contributed by atoms with van der Waals surface area (Å²) in [6.45, 7) is 1.50. The fraction of sp³-hybridized carbons (Fsp3) is 0.611. The molecule has 2 aliphatic rings. The van der Waals surface area contributed by atoms with Crippen molar-refractivity contribution in [2.45, 2.75) is 51.0 Å². The predicted octanol–water partition coefficient (Wildman–Crippen LogP) is 1.76. The Labute approximate surface area is 142 Å². The number of piperidine rings is 1. The normalized spacial score (nSPS) is 19.0. The summed E-state index contributed by atoms with van der Waals surface area (Å²) in [5, 5.41) is 3.15. The van der Waals surface area contributed by atoms with Crippen LogP contribution in [0.1, 0.15) is 44.9 Å². The van der Waals surface area contributed by atoms with E-state index in [0.717, 1.165) is 38.8 Å². The van der Waals surface area contributed by atoms with Gasteiger partial charge in [-0.2, -0.15) is 0 Å². The van der Waals surface area contributed by atoms with Gasteiger partial charge in [0.1, 0.15) is 0 Å². The van der Waals surface area contributed by atoms with Crippen LogP contribution in [0.4, 0.5) is 5.82 Å². The number of allylic oxidation sites excluding steroid dienone is 1. The summed E-state index contributed by atoms with van der Waals surface area (Å²) in [6, 6.07) is 0.200. The van der Waals surface area contributed by atoms with Gasteiger partial charge in [-0.25, -0.2) is 4.98 Å². The molecule has 1 aromatic heterocycles. The van der Waals surface area contributed by atoms with Gasteiger partial charge in [0.25, 0.3) is 5.56 Å². The molecule has 6 heteroatoms. The number of carbonyl (C=O) groups is 1. The van der Waals surface area contributed by atoms with Crippen LogP contribution in [0, 0.1) is 0 Å². The van der Waals surface area contributed by atoms with Crippen LogP contribution in [0.15, 0.2) is 28.8 Å². The molecule has 1 aromatic rings. The van der Waals surface area contributed by atoms with Gasteiger partial charge in [-0.1, -0.05) is 11.6 Å². The molecule has 0 unspecified atom stereocenters. The maximum atomic E-state index is 12.2. The zero-order valence-electron chi connectivity index (χ0n) is 14.3. The van der Waals surface area contributed by atoms with E-state index in [2.05, 4.69) is 16.4 Å². The van der Waals surface area contributed by atoms with Crippen LogP contribution in [0.2, 0.25) is 0 Å². The summed E-state index contributed by atoms with van der Waals surface area (Å²) < 4.78 is 1.55. The highest BCUT2D eigenvalue weighted by Crippen LogP contribution is 2.20. The second-order valence-electron chi connectivity index (χ2n) is 6.78. The molecule has 1 fully saturated rings. The van der Waals surface area contributed by atoms with Crippen LogP contribution in [0.5, 0.6) is 0 Å². The Bertz CT molecular complexity index is 672. The van der Waals surface area contributed by atoms with Crippen LogP contribution >= 0.6 is 0 Å². The fourth-order valence-corrected chi connectivity index (χ4v) is 3.49. The van der Waals surface area contributed by atoms with Crippen LogP contribution in [0.25, 0.3) is 0 Å². The number of aromatic nitrogens is 2. The number of amides is 1. The number of carbonyl (C=O) groups excluding carboxylic acids is 1. The van der Waals surface area contributed by atoms with E-state index in [1.54, 1.807) is 24.0 Å². The molecule has 24 heavy (non-hydrogen) atoms. The quantitative estimate of drug-likeness (QED) is 0.854. The van der Waals surface area contributed by atoms with E-state index in [1.807, 2.05) is 4.90 Å². The van der Waals surface area contributed by atoms with Gasteiger partial charge in [-0.15, -0.1) is 0 Å². The molecule has 0 atom stereocenters. The number of rotatable bonds is 4. The number of nitrogens with one attached hydrogen (secondary N) is 1. The first-order valence-corrected chi connectivity index (χ1v) is 8.87. The molecule has 0 bridgehead atoms. The molecule has 0 aromatic carbocycles. The van der Waals surface area contributed by atoms with Crippen molar-refractivity contribution in [3.8, 4) is 0 Å². The minimum atomic E-state index is -0.0655. The Morgan fingerprint density at radius 2 is 2.12 bits per heavy atom. The third kappa shape index (κ3) is 4.04. The smallest absolute Gasteiger partial charge is 0.293 e. The van der Waals surface area contributed by atoms with Crippen LogP contribution in [-0.4, -0.2) is 34.6 Å². The van der Waals surface area contributed by atoms with Crippen molar-refractivity contribution in [3.63, 3.8) is 0 Å². The Morgan fingerprint density at radius 3 is 2.83 bits per heavy atom. The lowest BCUT2D eigenvalue weighted by Gasteiger charge is -2.32. The highest BCUT2D eigenvalue weighted by atomic mass is 16.1. The van der Waals surface area contributed by atoms with Crippen molar-refractivity contribution in [3.05, 3.63) is 34.4 Å². The minimum absolute atomic E-state index is 0.0655. The molecule has 130 valence electrons. The number of aryl methyl sites for hydroxylation is 1. The second-order valence-corrected chi connectivity index (χ2v) is 6.78. The van der Waals surface area contributed by atoms with Gasteiger partial charge in [-0.05, 0) is 38.5 Å². The highest BCUT2D eigenvalue weighted by Gasteiger charge is 2.23. The summed E-state index contributed by atoms with van der Waals surface area (Å²) in [5.74, 6) is 0.646. The summed E-state index contributed by atoms with van der Waals surface area (Å²) in [4.78, 5) is 30.6. The van der Waals surface area contributed by atoms with Gasteiger partial charge in [0, 0.05) is 45.0 Å². The Balaban J connectivity index is 1.50. The topological polar surface area (TPSA) is 67.2 Å². The number of hydrogen-bond acceptors (Lipinski definition) is 4. The van der Waals surface area contributed by atoms with Crippen molar-refractivity contribution in [2.75, 3.05) is 18.0 Å². The molecule has 1 N–H and O–H groups in total. The van der Waals surface area contributed by atoms with E-state index in [9.17, 15) is 9.59 Å². The van der Waals surface area contributed by atoms with Gasteiger partial charge in [-0.3, -0.25) is 9.59 Å². The van der Waals surface area contributed by atoms with Crippen molar-refractivity contribution >= 4 is 11.7 Å². The lowest BCUT2D eigenvalue weighted by Crippen LogP contribution is -2.46. The SMILES string of the molecule is Cn1ccnc(N2CCC(NC(=O)CC3=CCCCC3)CC2)c1=O. The van der Waals surface area contributed by atoms with Crippen molar-refractivity contribution in [1.29, 1.82) is 0 Å². The first-order chi connectivity index (χ1) is 11.6. The zero-order valence-corrected chi connectivity index (χ0v) is 14.3. The molecular weight excluding hydrogens is 304 g/mol. The minimum Gasteiger partial charge on any atom is -0.353 e. The average Bonchev–Trinajstić information content (AvgIpc) is 2.59. The van der Waals surface area contributed by atoms with Crippen LogP contribution < -0.4 is 15.8 Å². The standard InChI is InChI=1S/C18H26N4O2/c1-21-12-9-19-17(18(21)24)22-10-7-15(8-11-22)20-16(23)13-14-5-3-2-4-6-14/h5,9,12,15H,2-4,6-8,10-11,13H2,1H3,(H,20,23). The molecule has 1 amide bonds. The van der Waals surface area contributed by atoms with Gasteiger partial charge >= 0.3 is 0 Å². The van der Waals surface area contributed by atoms with Crippen molar-refractivity contribution in [1.82, 2.24) is 14.9 Å². The molecule has 0 saturated carbocycles. The third-order valence-corrected chi connectivity index (χ3v) is 4.93. The summed E-state index contributed by atoms with van der Waals surface area (Å²) in [7, 11) is 1.74. The Kier molecular flexibility index (Phi) is 5.33. The first kappa shape index (κ1) is 16.7. The first-order valence-electron chi connectivity index (χ1n) is 8.87. The van der Waals surface area contributed by atoms with Crippen LogP contribution in [-0.2, 0) is 11.8 Å². The maximum absolute atomic E-state index is 12.2. The number of anilines is 1. The second kappa shape index (κ2) is 7.64. The van der Waals surface area contributed by atoms with E-state index in [1.165, 1.54) is 18.4 Å². The fourth-order valence-electron chi connectivity index (χ4n) is 3.49. The number of nitrogens with zero attached hydrogens (tertiary/aromatic N) is 3. The molecule has 0 radical (unpaired) electrons. The summed E-state index contributed by atoms with van der Waals surface area (Å²) in [6.07, 6.45) is 12.4. The predicted molar refractivity (Wildman–Crippen MR) is 94.0 cm³/mol. The van der Waals surface area contributed by atoms with Gasteiger partial charge in [0.05, 0.1) is 0 Å². The lowest BCUT2D eigenvalue weighted by atomic mass is 9.96. The van der Waals surface area contributed by atoms with Crippen LogP contribution in [0.3, 0.4) is 0 Å². The highest BCUT2D eigenvalue weighted by molar-refractivity contribution is 5.78. The van der Waals surface area contributed by atoms with Crippen molar-refractivity contribution in [2.24, 2.45) is 7.05 Å². The lowest BCUT2D eigenvalue weighted by molar-refractivity contribution is -0.121. The van der Waals surface area contributed by atoms with E-state index < -0.39 is 0 Å². The Hall–Kier alpha value is -2.11. The summed E-state index contributed by atoms with van der Waals surface area (Å²) in [5.41, 5.74) is 1.22. The monoisotopic (exact) mass is 330 g/mol. The van der Waals surface area contributed by atoms with E-state index in [4.69, 9.17) is 0 Å². The third-order valence-electron chi connectivity index (χ3n) is 4.93. The number of hydrogen-bond donors (Lipinski definition) is 1. The Morgan fingerprint density at radius 1 is 1.33 bits per heavy atom. The van der Waals surface area contributed by atoms with E-state index in [0.29, 0.717) is 12.2 Å². The van der Waals surface area contributed by atoms with E-state index in [-0.39, 0.29) is 17.5 Å². The van der Waals surface area contributed by atoms with Gasteiger partial charge in [0.15, 0.2) is 5.82 Å². The van der Waals surface area contributed by atoms with Gasteiger partial charge < -0.3 is 14.8 Å². The molecule has 0 spiro atoms. The molecule has 3 rings (SSSR count).